The highest BCUT2D eigenvalue weighted by molar-refractivity contribution is 6.07. The first kappa shape index (κ1) is 13.5. The minimum Gasteiger partial charge on any atom is -0.478 e. The third kappa shape index (κ3) is 2.92. The predicted molar refractivity (Wildman–Crippen MR) is 72.2 cm³/mol. The molecule has 0 saturated carbocycles. The Labute approximate surface area is 113 Å². The number of aromatic carboxylic acids is 1. The van der Waals surface area contributed by atoms with E-state index in [0.29, 0.717) is 5.69 Å². The average molecular weight is 274 g/mol. The van der Waals surface area contributed by atoms with E-state index in [-0.39, 0.29) is 16.8 Å². The summed E-state index contributed by atoms with van der Waals surface area (Å²) in [7, 11) is 0. The van der Waals surface area contributed by atoms with Gasteiger partial charge in [-0.1, -0.05) is 0 Å². The number of hydrogen-bond donors (Lipinski definition) is 3. The average Bonchev–Trinajstić information content (AvgIpc) is 2.42. The Bertz CT molecular complexity index is 669. The number of anilines is 2. The lowest BCUT2D eigenvalue weighted by Crippen LogP contribution is -2.14. The molecule has 0 unspecified atom stereocenters. The van der Waals surface area contributed by atoms with Crippen LogP contribution in [0.15, 0.2) is 42.5 Å². The quantitative estimate of drug-likeness (QED) is 0.749. The van der Waals surface area contributed by atoms with Crippen molar-refractivity contribution in [1.29, 1.82) is 0 Å². The monoisotopic (exact) mass is 274 g/mol. The van der Waals surface area contributed by atoms with Crippen molar-refractivity contribution in [1.82, 2.24) is 0 Å². The number of rotatable bonds is 3. The topological polar surface area (TPSA) is 92.4 Å². The van der Waals surface area contributed by atoms with Gasteiger partial charge in [-0.05, 0) is 42.5 Å². The molecule has 5 nitrogen and oxygen atoms in total. The van der Waals surface area contributed by atoms with E-state index in [2.05, 4.69) is 5.32 Å². The summed E-state index contributed by atoms with van der Waals surface area (Å²) in [6, 6.07) is 9.09. The number of benzene rings is 2. The molecule has 0 aromatic heterocycles. The first-order valence-electron chi connectivity index (χ1n) is 5.67. The molecule has 4 N–H and O–H groups in total. The van der Waals surface area contributed by atoms with Crippen LogP contribution >= 0.6 is 0 Å². The SMILES string of the molecule is Nc1ccc(F)cc1C(=O)Nc1ccc(C(=O)O)cc1. The van der Waals surface area contributed by atoms with E-state index in [0.717, 1.165) is 12.1 Å². The second kappa shape index (κ2) is 5.40. The number of carboxylic acids is 1. The van der Waals surface area contributed by atoms with Crippen LogP contribution in [0.3, 0.4) is 0 Å². The molecular weight excluding hydrogens is 263 g/mol. The molecular formula is C14H11FN2O3. The highest BCUT2D eigenvalue weighted by Crippen LogP contribution is 2.16. The second-order valence-corrected chi connectivity index (χ2v) is 4.07. The lowest BCUT2D eigenvalue weighted by Gasteiger charge is -2.08. The van der Waals surface area contributed by atoms with Crippen LogP contribution in [-0.2, 0) is 0 Å². The Hall–Kier alpha value is -2.89. The van der Waals surface area contributed by atoms with Crippen molar-refractivity contribution >= 4 is 23.3 Å². The van der Waals surface area contributed by atoms with E-state index in [1.165, 1.54) is 30.3 Å². The van der Waals surface area contributed by atoms with Crippen molar-refractivity contribution in [3.8, 4) is 0 Å². The maximum absolute atomic E-state index is 13.1. The number of nitrogen functional groups attached to an aromatic ring is 1. The van der Waals surface area contributed by atoms with Gasteiger partial charge in [0.1, 0.15) is 5.82 Å². The van der Waals surface area contributed by atoms with Crippen LogP contribution in [-0.4, -0.2) is 17.0 Å². The molecule has 102 valence electrons. The number of hydrogen-bond acceptors (Lipinski definition) is 3. The molecule has 0 heterocycles. The maximum Gasteiger partial charge on any atom is 0.335 e. The first-order chi connectivity index (χ1) is 9.47. The summed E-state index contributed by atoms with van der Waals surface area (Å²) < 4.78 is 13.1. The second-order valence-electron chi connectivity index (χ2n) is 4.07. The van der Waals surface area contributed by atoms with Gasteiger partial charge in [-0.25, -0.2) is 9.18 Å². The summed E-state index contributed by atoms with van der Waals surface area (Å²) in [5, 5.41) is 11.3. The summed E-state index contributed by atoms with van der Waals surface area (Å²) in [5.74, 6) is -2.19. The minimum absolute atomic E-state index is 0.0207. The van der Waals surface area contributed by atoms with Crippen molar-refractivity contribution in [3.05, 3.63) is 59.4 Å². The standard InChI is InChI=1S/C14H11FN2O3/c15-9-3-6-12(16)11(7-9)13(18)17-10-4-1-8(2-5-10)14(19)20/h1-7H,16H2,(H,17,18)(H,19,20). The fourth-order valence-electron chi connectivity index (χ4n) is 1.62. The fourth-order valence-corrected chi connectivity index (χ4v) is 1.62. The van der Waals surface area contributed by atoms with Crippen LogP contribution in [0.1, 0.15) is 20.7 Å². The van der Waals surface area contributed by atoms with Crippen LogP contribution < -0.4 is 11.1 Å². The summed E-state index contributed by atoms with van der Waals surface area (Å²) >= 11 is 0. The zero-order valence-corrected chi connectivity index (χ0v) is 10.3. The van der Waals surface area contributed by atoms with Gasteiger partial charge in [0, 0.05) is 11.4 Å². The molecule has 0 aliphatic rings. The maximum atomic E-state index is 13.1. The molecule has 2 aromatic rings. The van der Waals surface area contributed by atoms with Crippen molar-refractivity contribution in [2.45, 2.75) is 0 Å². The Morgan fingerprint density at radius 2 is 1.75 bits per heavy atom. The van der Waals surface area contributed by atoms with E-state index in [1.54, 1.807) is 0 Å². The number of nitrogens with one attached hydrogen (secondary N) is 1. The first-order valence-corrected chi connectivity index (χ1v) is 5.67. The smallest absolute Gasteiger partial charge is 0.335 e. The number of halogens is 1. The van der Waals surface area contributed by atoms with Gasteiger partial charge in [-0.2, -0.15) is 0 Å². The van der Waals surface area contributed by atoms with Gasteiger partial charge >= 0.3 is 5.97 Å². The third-order valence-corrected chi connectivity index (χ3v) is 2.65. The molecule has 0 aliphatic carbocycles. The van der Waals surface area contributed by atoms with E-state index in [9.17, 15) is 14.0 Å². The molecule has 0 atom stereocenters. The molecule has 0 aliphatic heterocycles. The van der Waals surface area contributed by atoms with Gasteiger partial charge in [0.25, 0.3) is 5.91 Å². The molecule has 0 bridgehead atoms. The van der Waals surface area contributed by atoms with Crippen LogP contribution in [0.5, 0.6) is 0 Å². The van der Waals surface area contributed by atoms with E-state index >= 15 is 0 Å². The number of amides is 1. The van der Waals surface area contributed by atoms with E-state index in [1.807, 2.05) is 0 Å². The Kier molecular flexibility index (Phi) is 3.65. The van der Waals surface area contributed by atoms with Crippen molar-refractivity contribution in [2.24, 2.45) is 0 Å². The highest BCUT2D eigenvalue weighted by atomic mass is 19.1. The lowest BCUT2D eigenvalue weighted by atomic mass is 10.1. The number of carboxylic acid groups (broad SMARTS) is 1. The van der Waals surface area contributed by atoms with E-state index < -0.39 is 17.7 Å². The van der Waals surface area contributed by atoms with Gasteiger partial charge in [0.15, 0.2) is 0 Å². The van der Waals surface area contributed by atoms with Gasteiger partial charge in [0.2, 0.25) is 0 Å². The van der Waals surface area contributed by atoms with Crippen LogP contribution in [0.25, 0.3) is 0 Å². The zero-order chi connectivity index (χ0) is 14.7. The zero-order valence-electron chi connectivity index (χ0n) is 10.3. The molecule has 0 spiro atoms. The predicted octanol–water partition coefficient (Wildman–Crippen LogP) is 2.36. The molecule has 20 heavy (non-hydrogen) atoms. The van der Waals surface area contributed by atoms with Gasteiger partial charge < -0.3 is 16.2 Å². The van der Waals surface area contributed by atoms with Gasteiger partial charge in [-0.15, -0.1) is 0 Å². The van der Waals surface area contributed by atoms with Crippen molar-refractivity contribution in [2.75, 3.05) is 11.1 Å². The van der Waals surface area contributed by atoms with Crippen LogP contribution in [0, 0.1) is 5.82 Å². The fraction of sp³-hybridized carbons (Fsp3) is 0. The van der Waals surface area contributed by atoms with Crippen molar-refractivity contribution < 1.29 is 19.1 Å². The molecule has 0 fully saturated rings. The van der Waals surface area contributed by atoms with Gasteiger partial charge in [-0.3, -0.25) is 4.79 Å². The number of nitrogens with two attached hydrogens (primary N) is 1. The Morgan fingerprint density at radius 3 is 2.35 bits per heavy atom. The van der Waals surface area contributed by atoms with Crippen molar-refractivity contribution in [3.63, 3.8) is 0 Å². The number of carbonyl (C=O) groups excluding carboxylic acids is 1. The normalized spacial score (nSPS) is 10.1. The third-order valence-electron chi connectivity index (χ3n) is 2.65. The highest BCUT2D eigenvalue weighted by Gasteiger charge is 2.11. The Morgan fingerprint density at radius 1 is 1.10 bits per heavy atom. The lowest BCUT2D eigenvalue weighted by molar-refractivity contribution is 0.0696. The summed E-state index contributed by atoms with van der Waals surface area (Å²) in [6.07, 6.45) is 0. The van der Waals surface area contributed by atoms with E-state index in [4.69, 9.17) is 10.8 Å². The summed E-state index contributed by atoms with van der Waals surface area (Å²) in [4.78, 5) is 22.6. The minimum atomic E-state index is -1.06. The Balaban J connectivity index is 2.19. The van der Waals surface area contributed by atoms with Crippen LogP contribution in [0.4, 0.5) is 15.8 Å². The summed E-state index contributed by atoms with van der Waals surface area (Å²) in [5.41, 5.74) is 6.28. The molecule has 1 amide bonds. The summed E-state index contributed by atoms with van der Waals surface area (Å²) in [6.45, 7) is 0. The molecule has 2 aromatic carbocycles. The largest absolute Gasteiger partial charge is 0.478 e. The molecule has 0 saturated heterocycles. The number of carbonyl (C=O) groups is 2. The molecule has 0 radical (unpaired) electrons. The van der Waals surface area contributed by atoms with Crippen LogP contribution in [0.2, 0.25) is 0 Å². The molecule has 2 rings (SSSR count). The van der Waals surface area contributed by atoms with Gasteiger partial charge in [0.05, 0.1) is 11.1 Å². The molecule has 6 heteroatoms.